The molecule has 7 heteroatoms. The maximum atomic E-state index is 10.5. The first-order valence-electron chi connectivity index (χ1n) is 4.01. The van der Waals surface area contributed by atoms with Gasteiger partial charge in [-0.2, -0.15) is 9.36 Å². The Labute approximate surface area is 83.9 Å². The molecule has 6 nitrogen and oxygen atoms in total. The van der Waals surface area contributed by atoms with Crippen LogP contribution in [0.4, 0.5) is 5.13 Å². The first kappa shape index (κ1) is 9.07. The molecule has 0 amide bonds. The van der Waals surface area contributed by atoms with Gasteiger partial charge in [-0.25, -0.2) is 0 Å². The minimum absolute atomic E-state index is 0.0372. The van der Waals surface area contributed by atoms with Gasteiger partial charge in [-0.3, -0.25) is 4.79 Å². The third kappa shape index (κ3) is 2.05. The van der Waals surface area contributed by atoms with Crippen LogP contribution in [-0.4, -0.2) is 27.5 Å². The summed E-state index contributed by atoms with van der Waals surface area (Å²) in [6.45, 7) is 0. The van der Waals surface area contributed by atoms with E-state index < -0.39 is 0 Å². The van der Waals surface area contributed by atoms with E-state index in [-0.39, 0.29) is 22.8 Å². The summed E-state index contributed by atoms with van der Waals surface area (Å²) in [6.07, 6.45) is 3.70. The zero-order valence-electron chi connectivity index (χ0n) is 7.14. The van der Waals surface area contributed by atoms with Gasteiger partial charge in [0.15, 0.2) is 10.8 Å². The van der Waals surface area contributed by atoms with Crippen molar-refractivity contribution >= 4 is 28.7 Å². The highest BCUT2D eigenvalue weighted by Crippen LogP contribution is 2.23. The van der Waals surface area contributed by atoms with Crippen molar-refractivity contribution in [1.82, 2.24) is 9.36 Å². The first-order chi connectivity index (χ1) is 6.79. The summed E-state index contributed by atoms with van der Waals surface area (Å²) in [5.41, 5.74) is 5.32. The average molecular weight is 211 g/mol. The summed E-state index contributed by atoms with van der Waals surface area (Å²) in [4.78, 5) is 19.3. The smallest absolute Gasteiger partial charge is 0.261 e. The molecular weight excluding hydrogens is 204 g/mol. The molecular formula is C7H7N4O2S. The summed E-state index contributed by atoms with van der Waals surface area (Å²) in [7, 11) is 0. The Balaban J connectivity index is 2.10. The zero-order chi connectivity index (χ0) is 9.97. The molecule has 1 aromatic heterocycles. The Morgan fingerprint density at radius 1 is 1.71 bits per heavy atom. The van der Waals surface area contributed by atoms with E-state index in [1.54, 1.807) is 6.29 Å². The molecule has 0 aliphatic heterocycles. The van der Waals surface area contributed by atoms with Gasteiger partial charge in [0.25, 0.3) is 6.29 Å². The molecule has 1 aliphatic carbocycles. The van der Waals surface area contributed by atoms with Crippen LogP contribution in [0.25, 0.3) is 0 Å². The summed E-state index contributed by atoms with van der Waals surface area (Å²) in [5.74, 6) is 0.170. The highest BCUT2D eigenvalue weighted by molar-refractivity contribution is 7.09. The monoisotopic (exact) mass is 211 g/mol. The Morgan fingerprint density at radius 3 is 3.00 bits per heavy atom. The highest BCUT2D eigenvalue weighted by Gasteiger charge is 2.24. The van der Waals surface area contributed by atoms with Crippen molar-refractivity contribution in [2.24, 2.45) is 5.16 Å². The Hall–Kier alpha value is -1.50. The Morgan fingerprint density at radius 2 is 2.50 bits per heavy atom. The first-order valence-corrected chi connectivity index (χ1v) is 4.78. The second kappa shape index (κ2) is 3.70. The van der Waals surface area contributed by atoms with Gasteiger partial charge in [0, 0.05) is 11.5 Å². The van der Waals surface area contributed by atoms with Crippen molar-refractivity contribution in [1.29, 1.82) is 0 Å². The largest absolute Gasteiger partial charge is 0.392 e. The van der Waals surface area contributed by atoms with E-state index in [4.69, 9.17) is 10.6 Å². The van der Waals surface area contributed by atoms with Crippen molar-refractivity contribution in [3.05, 3.63) is 5.82 Å². The minimum Gasteiger partial charge on any atom is -0.392 e. The van der Waals surface area contributed by atoms with Crippen LogP contribution in [0.1, 0.15) is 18.7 Å². The fourth-order valence-corrected chi connectivity index (χ4v) is 1.17. The van der Waals surface area contributed by atoms with Crippen molar-refractivity contribution in [3.8, 4) is 0 Å². The fourth-order valence-electron chi connectivity index (χ4n) is 0.737. The molecule has 1 aliphatic rings. The van der Waals surface area contributed by atoms with E-state index in [2.05, 4.69) is 14.5 Å². The molecule has 2 N–H and O–H groups in total. The van der Waals surface area contributed by atoms with Crippen LogP contribution < -0.4 is 5.73 Å². The summed E-state index contributed by atoms with van der Waals surface area (Å²) >= 11 is 0.999. The number of aromatic nitrogens is 2. The summed E-state index contributed by atoms with van der Waals surface area (Å²) < 4.78 is 3.82. The fraction of sp³-hybridized carbons (Fsp3) is 0.429. The molecule has 1 aromatic rings. The van der Waals surface area contributed by atoms with E-state index in [1.807, 2.05) is 0 Å². The number of hydrogen-bond acceptors (Lipinski definition) is 7. The lowest BCUT2D eigenvalue weighted by Crippen LogP contribution is -2.06. The lowest BCUT2D eigenvalue weighted by molar-refractivity contribution is 0.130. The molecule has 1 radical (unpaired) electrons. The van der Waals surface area contributed by atoms with Gasteiger partial charge in [0.05, 0.1) is 0 Å². The van der Waals surface area contributed by atoms with Crippen molar-refractivity contribution in [3.63, 3.8) is 0 Å². The van der Waals surface area contributed by atoms with Gasteiger partial charge in [-0.1, -0.05) is 5.16 Å². The van der Waals surface area contributed by atoms with Crippen molar-refractivity contribution < 1.29 is 9.63 Å². The van der Waals surface area contributed by atoms with Crippen LogP contribution in [0.2, 0.25) is 0 Å². The second-order valence-corrected chi connectivity index (χ2v) is 3.59. The molecule has 1 heterocycles. The molecule has 1 fully saturated rings. The van der Waals surface area contributed by atoms with Gasteiger partial charge < -0.3 is 10.6 Å². The predicted molar refractivity (Wildman–Crippen MR) is 50.7 cm³/mol. The number of carbonyl (C=O) groups excluding carboxylic acids is 1. The van der Waals surface area contributed by atoms with Gasteiger partial charge in [0.1, 0.15) is 6.10 Å². The molecule has 73 valence electrons. The number of oxime groups is 1. The highest BCUT2D eigenvalue weighted by atomic mass is 32.1. The predicted octanol–water partition coefficient (Wildman–Crippen LogP) is 0.113. The third-order valence-electron chi connectivity index (χ3n) is 1.57. The van der Waals surface area contributed by atoms with E-state index in [0.29, 0.717) is 0 Å². The number of hydrogen-bond donors (Lipinski definition) is 1. The number of nitrogen functional groups attached to an aromatic ring is 1. The van der Waals surface area contributed by atoms with E-state index in [1.165, 1.54) is 0 Å². The molecule has 2 rings (SSSR count). The molecule has 1 saturated carbocycles. The normalized spacial score (nSPS) is 16.7. The number of nitrogens with zero attached hydrogens (tertiary/aromatic N) is 3. The van der Waals surface area contributed by atoms with Gasteiger partial charge >= 0.3 is 0 Å². The van der Waals surface area contributed by atoms with Crippen LogP contribution in [0, 0.1) is 0 Å². The number of nitrogens with two attached hydrogens (primary N) is 1. The molecule has 0 saturated heterocycles. The number of rotatable bonds is 4. The summed E-state index contributed by atoms with van der Waals surface area (Å²) in [6, 6.07) is 0. The van der Waals surface area contributed by atoms with E-state index in [0.717, 1.165) is 24.4 Å². The minimum atomic E-state index is -0.0372. The average Bonchev–Trinajstić information content (AvgIpc) is 2.90. The van der Waals surface area contributed by atoms with Crippen molar-refractivity contribution in [2.45, 2.75) is 18.9 Å². The molecule has 0 aromatic carbocycles. The Kier molecular flexibility index (Phi) is 2.40. The summed E-state index contributed by atoms with van der Waals surface area (Å²) in [5, 5.41) is 3.89. The lowest BCUT2D eigenvalue weighted by Gasteiger charge is -1.93. The second-order valence-electron chi connectivity index (χ2n) is 2.80. The molecule has 0 unspecified atom stereocenters. The zero-order valence-corrected chi connectivity index (χ0v) is 7.95. The lowest BCUT2D eigenvalue weighted by atomic mass is 10.4. The quantitative estimate of drug-likeness (QED) is 0.564. The van der Waals surface area contributed by atoms with Crippen molar-refractivity contribution in [2.75, 3.05) is 5.73 Å². The number of anilines is 1. The van der Waals surface area contributed by atoms with Crippen LogP contribution in [-0.2, 0) is 9.63 Å². The topological polar surface area (TPSA) is 90.5 Å². The SMILES string of the molecule is Nc1nc(/C([C]=O)=N\OC2CC2)ns1. The van der Waals surface area contributed by atoms with Gasteiger partial charge in [-0.15, -0.1) is 0 Å². The third-order valence-corrected chi connectivity index (χ3v) is 2.11. The molecule has 0 bridgehead atoms. The molecule has 14 heavy (non-hydrogen) atoms. The van der Waals surface area contributed by atoms with Gasteiger partial charge in [-0.05, 0) is 12.8 Å². The van der Waals surface area contributed by atoms with E-state index in [9.17, 15) is 4.79 Å². The molecule has 0 spiro atoms. The van der Waals surface area contributed by atoms with E-state index >= 15 is 0 Å². The Bertz CT molecular complexity index is 372. The van der Waals surface area contributed by atoms with Crippen LogP contribution >= 0.6 is 11.5 Å². The van der Waals surface area contributed by atoms with Gasteiger partial charge in [0.2, 0.25) is 5.82 Å². The van der Waals surface area contributed by atoms with Crippen LogP contribution in [0.3, 0.4) is 0 Å². The maximum Gasteiger partial charge on any atom is 0.261 e. The molecule has 0 atom stereocenters. The van der Waals surface area contributed by atoms with Crippen LogP contribution in [0.15, 0.2) is 5.16 Å². The maximum absolute atomic E-state index is 10.5. The standard InChI is InChI=1S/C7H7N4O2S/c8-7-9-6(11-14-7)5(3-12)10-13-4-1-2-4/h4H,1-2H2,(H2,8,9,11)/b10-5-. The van der Waals surface area contributed by atoms with Crippen LogP contribution in [0.5, 0.6) is 0 Å².